The topological polar surface area (TPSA) is 42.8 Å². The fraction of sp³-hybridized carbons (Fsp3) is 0.381. The van der Waals surface area contributed by atoms with Crippen LogP contribution >= 0.6 is 0 Å². The summed E-state index contributed by atoms with van der Waals surface area (Å²) in [7, 11) is 1.45. The molecule has 1 fully saturated rings. The van der Waals surface area contributed by atoms with Gasteiger partial charge >= 0.3 is 0 Å². The van der Waals surface area contributed by atoms with Crippen molar-refractivity contribution >= 4 is 5.91 Å². The number of ether oxygens (including phenoxy) is 1. The predicted octanol–water partition coefficient (Wildman–Crippen LogP) is 2.26. The molecule has 0 heterocycles. The Labute approximate surface area is 154 Å². The van der Waals surface area contributed by atoms with E-state index in [1.165, 1.54) is 13.2 Å². The van der Waals surface area contributed by atoms with E-state index in [-0.39, 0.29) is 23.5 Å². The molecule has 0 bridgehead atoms. The maximum atomic E-state index is 14.1. The van der Waals surface area contributed by atoms with Gasteiger partial charge in [-0.1, -0.05) is 30.3 Å². The van der Waals surface area contributed by atoms with Gasteiger partial charge < -0.3 is 15.0 Å². The molecule has 5 heteroatoms. The molecule has 1 aliphatic carbocycles. The summed E-state index contributed by atoms with van der Waals surface area (Å²) >= 11 is 0. The Morgan fingerprint density at radius 3 is 2.58 bits per heavy atom. The molecule has 1 unspecified atom stereocenters. The molecule has 1 saturated carbocycles. The average molecular weight is 357 g/mol. The minimum absolute atomic E-state index is 0.0459. The molecule has 4 nitrogen and oxygen atoms in total. The molecule has 0 aromatic heterocycles. The summed E-state index contributed by atoms with van der Waals surface area (Å²) in [6.45, 7) is 3.37. The van der Waals surface area contributed by atoms with E-state index in [2.05, 4.69) is 12.2 Å². The highest BCUT2D eigenvalue weighted by Crippen LogP contribution is 2.21. The van der Waals surface area contributed by atoms with Crippen LogP contribution in [0.15, 0.2) is 48.5 Å². The molecule has 2 atom stereocenters. The molecule has 2 aromatic rings. The fourth-order valence-corrected chi connectivity index (χ4v) is 3.24. The SMILES string of the molecule is CC[NH+](Cc1ccc(OC)c(F)c1)[C@@H](C(=O)NC1CC1)c1ccccc1. The van der Waals surface area contributed by atoms with Crippen LogP contribution in [0.5, 0.6) is 5.75 Å². The lowest BCUT2D eigenvalue weighted by molar-refractivity contribution is -0.934. The zero-order chi connectivity index (χ0) is 18.5. The molecule has 138 valence electrons. The summed E-state index contributed by atoms with van der Waals surface area (Å²) in [6, 6.07) is 14.8. The number of rotatable bonds is 8. The number of halogens is 1. The summed E-state index contributed by atoms with van der Waals surface area (Å²) in [5.74, 6) is -0.0958. The first-order valence-electron chi connectivity index (χ1n) is 9.14. The molecule has 0 radical (unpaired) electrons. The monoisotopic (exact) mass is 357 g/mol. The molecule has 1 amide bonds. The number of carbonyl (C=O) groups excluding carboxylic acids is 1. The van der Waals surface area contributed by atoms with Crippen LogP contribution in [-0.2, 0) is 11.3 Å². The van der Waals surface area contributed by atoms with Gasteiger partial charge in [-0.2, -0.15) is 0 Å². The first-order valence-corrected chi connectivity index (χ1v) is 9.14. The van der Waals surface area contributed by atoms with Crippen molar-refractivity contribution in [3.05, 3.63) is 65.5 Å². The quantitative estimate of drug-likeness (QED) is 0.761. The molecule has 26 heavy (non-hydrogen) atoms. The van der Waals surface area contributed by atoms with Gasteiger partial charge in [-0.25, -0.2) is 4.39 Å². The van der Waals surface area contributed by atoms with Crippen LogP contribution in [0.2, 0.25) is 0 Å². The minimum Gasteiger partial charge on any atom is -0.494 e. The zero-order valence-electron chi connectivity index (χ0n) is 15.3. The molecule has 2 N–H and O–H groups in total. The van der Waals surface area contributed by atoms with E-state index in [9.17, 15) is 9.18 Å². The number of nitrogens with one attached hydrogen (secondary N) is 2. The van der Waals surface area contributed by atoms with Crippen LogP contribution in [0.4, 0.5) is 4.39 Å². The van der Waals surface area contributed by atoms with Crippen molar-refractivity contribution in [3.8, 4) is 5.75 Å². The van der Waals surface area contributed by atoms with Crippen molar-refractivity contribution in [1.82, 2.24) is 5.32 Å². The third-order valence-electron chi connectivity index (χ3n) is 4.83. The Kier molecular flexibility index (Phi) is 5.89. The van der Waals surface area contributed by atoms with Gasteiger partial charge in [0.2, 0.25) is 0 Å². The first kappa shape index (κ1) is 18.4. The standard InChI is InChI=1S/C21H25FN2O2/c1-3-24(14-15-9-12-19(26-2)18(22)13-15)20(16-7-5-4-6-8-16)21(25)23-17-10-11-17/h4-9,12-13,17,20H,3,10-11,14H2,1-2H3,(H,23,25)/p+1/t20-/m1/s1. The molecule has 3 rings (SSSR count). The largest absolute Gasteiger partial charge is 0.494 e. The van der Waals surface area contributed by atoms with E-state index in [1.807, 2.05) is 36.4 Å². The van der Waals surface area contributed by atoms with Gasteiger partial charge in [0.15, 0.2) is 17.6 Å². The number of quaternary nitrogens is 1. The number of hydrogen-bond acceptors (Lipinski definition) is 2. The van der Waals surface area contributed by atoms with Gasteiger partial charge in [0, 0.05) is 17.2 Å². The molecule has 2 aromatic carbocycles. The summed E-state index contributed by atoms with van der Waals surface area (Å²) in [5, 5.41) is 3.13. The lowest BCUT2D eigenvalue weighted by Crippen LogP contribution is -3.12. The van der Waals surface area contributed by atoms with Crippen molar-refractivity contribution < 1.29 is 18.8 Å². The molecule has 1 aliphatic rings. The first-order chi connectivity index (χ1) is 12.6. The zero-order valence-corrected chi connectivity index (χ0v) is 15.3. The van der Waals surface area contributed by atoms with E-state index in [1.54, 1.807) is 6.07 Å². The van der Waals surface area contributed by atoms with Crippen molar-refractivity contribution in [1.29, 1.82) is 0 Å². The third kappa shape index (κ3) is 4.41. The smallest absolute Gasteiger partial charge is 0.283 e. The second kappa shape index (κ2) is 8.32. The normalized spacial score (nSPS) is 16.0. The number of carbonyl (C=O) groups is 1. The van der Waals surface area contributed by atoms with Crippen LogP contribution < -0.4 is 15.0 Å². The van der Waals surface area contributed by atoms with E-state index >= 15 is 0 Å². The van der Waals surface area contributed by atoms with Gasteiger partial charge in [-0.3, -0.25) is 4.79 Å². The second-order valence-corrected chi connectivity index (χ2v) is 6.78. The number of benzene rings is 2. The number of hydrogen-bond donors (Lipinski definition) is 2. The van der Waals surface area contributed by atoms with Gasteiger partial charge in [0.05, 0.1) is 13.7 Å². The van der Waals surface area contributed by atoms with Crippen molar-refractivity contribution in [2.75, 3.05) is 13.7 Å². The van der Waals surface area contributed by atoms with Gasteiger partial charge in [0.25, 0.3) is 5.91 Å². The molecule has 0 saturated heterocycles. The second-order valence-electron chi connectivity index (χ2n) is 6.78. The summed E-state index contributed by atoms with van der Waals surface area (Å²) in [5.41, 5.74) is 1.83. The molecular formula is C21H26FN2O2+. The van der Waals surface area contributed by atoms with Crippen molar-refractivity contribution in [2.24, 2.45) is 0 Å². The number of amides is 1. The summed E-state index contributed by atoms with van der Waals surface area (Å²) < 4.78 is 19.0. The third-order valence-corrected chi connectivity index (χ3v) is 4.83. The Balaban J connectivity index is 1.84. The van der Waals surface area contributed by atoms with Gasteiger partial charge in [-0.15, -0.1) is 0 Å². The fourth-order valence-electron chi connectivity index (χ4n) is 3.24. The highest BCUT2D eigenvalue weighted by molar-refractivity contribution is 5.82. The minimum atomic E-state index is -0.376. The molecular weight excluding hydrogens is 331 g/mol. The lowest BCUT2D eigenvalue weighted by atomic mass is 10.0. The maximum Gasteiger partial charge on any atom is 0.283 e. The van der Waals surface area contributed by atoms with Crippen LogP contribution in [0.25, 0.3) is 0 Å². The van der Waals surface area contributed by atoms with Crippen LogP contribution in [-0.4, -0.2) is 25.6 Å². The maximum absolute atomic E-state index is 14.1. The highest BCUT2D eigenvalue weighted by atomic mass is 19.1. The van der Waals surface area contributed by atoms with Gasteiger partial charge in [0.1, 0.15) is 6.54 Å². The average Bonchev–Trinajstić information content (AvgIpc) is 3.46. The van der Waals surface area contributed by atoms with E-state index < -0.39 is 0 Å². The Hall–Kier alpha value is -2.40. The Morgan fingerprint density at radius 2 is 2.00 bits per heavy atom. The lowest BCUT2D eigenvalue weighted by Gasteiger charge is -2.27. The van der Waals surface area contributed by atoms with Gasteiger partial charge in [-0.05, 0) is 38.0 Å². The predicted molar refractivity (Wildman–Crippen MR) is 98.5 cm³/mol. The van der Waals surface area contributed by atoms with Crippen LogP contribution in [0, 0.1) is 5.82 Å². The molecule has 0 aliphatic heterocycles. The van der Waals surface area contributed by atoms with E-state index in [4.69, 9.17) is 4.74 Å². The van der Waals surface area contributed by atoms with Crippen LogP contribution in [0.3, 0.4) is 0 Å². The van der Waals surface area contributed by atoms with Crippen molar-refractivity contribution in [2.45, 2.75) is 38.4 Å². The highest BCUT2D eigenvalue weighted by Gasteiger charge is 2.34. The number of likely N-dealkylation sites (N-methyl/N-ethyl adjacent to an activating group) is 1. The van der Waals surface area contributed by atoms with Crippen LogP contribution in [0.1, 0.15) is 36.9 Å². The summed E-state index contributed by atoms with van der Waals surface area (Å²) in [4.78, 5) is 14.0. The van der Waals surface area contributed by atoms with Crippen molar-refractivity contribution in [3.63, 3.8) is 0 Å². The summed E-state index contributed by atoms with van der Waals surface area (Å²) in [6.07, 6.45) is 2.11. The molecule has 0 spiro atoms. The number of methoxy groups -OCH3 is 1. The van der Waals surface area contributed by atoms with E-state index in [0.717, 1.165) is 35.4 Å². The Morgan fingerprint density at radius 1 is 1.27 bits per heavy atom. The Bertz CT molecular complexity index is 747. The van der Waals surface area contributed by atoms with E-state index in [0.29, 0.717) is 12.6 Å².